The van der Waals surface area contributed by atoms with Gasteiger partial charge in [0.25, 0.3) is 5.56 Å². The molecule has 8 N–H and O–H groups in total. The molecule has 4 aromatic heterocycles. The highest BCUT2D eigenvalue weighted by Crippen LogP contribution is 2.33. The predicted molar refractivity (Wildman–Crippen MR) is 153 cm³/mol. The first-order chi connectivity index (χ1) is 18.9. The lowest BCUT2D eigenvalue weighted by molar-refractivity contribution is 0.0900. The second kappa shape index (κ2) is 9.75. The molecule has 0 saturated carbocycles. The van der Waals surface area contributed by atoms with Gasteiger partial charge in [-0.25, -0.2) is 30.9 Å². The zero-order valence-electron chi connectivity index (χ0n) is 22.1. The molecule has 0 radical (unpaired) electrons. The van der Waals surface area contributed by atoms with Gasteiger partial charge in [0.15, 0.2) is 11.6 Å². The van der Waals surface area contributed by atoms with E-state index >= 15 is 0 Å². The number of aryl methyl sites for hydroxylation is 2. The van der Waals surface area contributed by atoms with Crippen LogP contribution in [0.2, 0.25) is 5.15 Å². The molecule has 1 unspecified atom stereocenters. The number of hydrogen-bond acceptors (Lipinski definition) is 11. The number of nitrogens with one attached hydrogen (secondary N) is 1. The first kappa shape index (κ1) is 26.8. The highest BCUT2D eigenvalue weighted by Gasteiger charge is 2.30. The van der Waals surface area contributed by atoms with E-state index in [2.05, 4.69) is 30.4 Å². The maximum atomic E-state index is 13.6. The lowest BCUT2D eigenvalue weighted by Crippen LogP contribution is -2.35. The van der Waals surface area contributed by atoms with E-state index < -0.39 is 5.72 Å². The molecule has 15 heteroatoms. The number of halogens is 1. The number of aromatic nitrogens is 6. The first-order valence-electron chi connectivity index (χ1n) is 12.0. The van der Waals surface area contributed by atoms with Crippen molar-refractivity contribution in [1.82, 2.24) is 34.0 Å². The van der Waals surface area contributed by atoms with Gasteiger partial charge < -0.3 is 21.9 Å². The fourth-order valence-corrected chi connectivity index (χ4v) is 4.77. The topological polar surface area (TPSA) is 204 Å². The van der Waals surface area contributed by atoms with Crippen molar-refractivity contribution in [2.24, 2.45) is 23.7 Å². The zero-order valence-corrected chi connectivity index (χ0v) is 22.8. The number of pyridine rings is 1. The number of hydrazine groups is 1. The summed E-state index contributed by atoms with van der Waals surface area (Å²) < 4.78 is 3.24. The van der Waals surface area contributed by atoms with Crippen molar-refractivity contribution in [3.63, 3.8) is 0 Å². The Kier molecular flexibility index (Phi) is 6.53. The van der Waals surface area contributed by atoms with Gasteiger partial charge in [0.2, 0.25) is 5.95 Å². The maximum Gasteiger partial charge on any atom is 0.261 e. The van der Waals surface area contributed by atoms with Gasteiger partial charge in [0.1, 0.15) is 28.5 Å². The van der Waals surface area contributed by atoms with Crippen LogP contribution < -0.4 is 28.2 Å². The molecule has 5 aromatic rings. The van der Waals surface area contributed by atoms with Crippen LogP contribution in [0.3, 0.4) is 0 Å². The van der Waals surface area contributed by atoms with E-state index in [0.29, 0.717) is 39.1 Å². The Hall–Kier alpha value is -4.79. The molecule has 1 aromatic carbocycles. The lowest BCUT2D eigenvalue weighted by Gasteiger charge is -2.29. The van der Waals surface area contributed by atoms with Gasteiger partial charge >= 0.3 is 0 Å². The van der Waals surface area contributed by atoms with Gasteiger partial charge in [-0.05, 0) is 43.7 Å². The third-order valence-corrected chi connectivity index (χ3v) is 6.52. The van der Waals surface area contributed by atoms with Gasteiger partial charge in [-0.2, -0.15) is 0 Å². The van der Waals surface area contributed by atoms with E-state index in [0.717, 1.165) is 10.7 Å². The SMILES string of the molecule is Cc1cc(C(C)(O)Nc2ccc(Cl)nc2/C(N)=N/N(C)N)c2c(c1)c(=O)n(C)c1c(-c3cnc(N)nc3)ncn21. The Bertz CT molecular complexity index is 1860. The van der Waals surface area contributed by atoms with Gasteiger partial charge in [0.05, 0.1) is 16.6 Å². The average molecular weight is 563 g/mol. The second-order valence-electron chi connectivity index (χ2n) is 9.48. The van der Waals surface area contributed by atoms with Crippen molar-refractivity contribution in [1.29, 1.82) is 0 Å². The van der Waals surface area contributed by atoms with Crippen molar-refractivity contribution in [2.45, 2.75) is 19.6 Å². The number of fused-ring (bicyclic) bond motifs is 3. The van der Waals surface area contributed by atoms with Crippen molar-refractivity contribution < 1.29 is 5.11 Å². The molecule has 14 nitrogen and oxygen atoms in total. The standard InChI is InChI=1S/C25H27ClN12O2/c1-12-7-14-20(38-11-32-18(22(38)36(3)23(14)39)13-9-30-24(28)31-10-13)15(8-12)25(2,40)34-16-5-6-17(26)33-19(16)21(27)35-37(4)29/h5-11,34,40H,29H2,1-4H3,(H2,27,35)(H2,28,30,31). The van der Waals surface area contributed by atoms with Crippen molar-refractivity contribution in [3.05, 3.63) is 75.3 Å². The Balaban J connectivity index is 1.75. The minimum absolute atomic E-state index is 0.0267. The van der Waals surface area contributed by atoms with Crippen molar-refractivity contribution >= 4 is 45.6 Å². The van der Waals surface area contributed by atoms with E-state index in [9.17, 15) is 9.90 Å². The number of imidazole rings is 1. The quantitative estimate of drug-likeness (QED) is 0.0497. The minimum Gasteiger partial charge on any atom is -0.380 e. The molecule has 0 bridgehead atoms. The third kappa shape index (κ3) is 4.64. The van der Waals surface area contributed by atoms with Gasteiger partial charge in [-0.15, -0.1) is 5.10 Å². The number of hydrazone groups is 1. The summed E-state index contributed by atoms with van der Waals surface area (Å²) in [6.45, 7) is 3.39. The summed E-state index contributed by atoms with van der Waals surface area (Å²) in [5.74, 6) is 5.72. The second-order valence-corrected chi connectivity index (χ2v) is 9.86. The molecule has 206 valence electrons. The van der Waals surface area contributed by atoms with Gasteiger partial charge in [-0.3, -0.25) is 13.8 Å². The Labute approximate surface area is 232 Å². The number of nitrogen functional groups attached to an aromatic ring is 1. The summed E-state index contributed by atoms with van der Waals surface area (Å²) in [6, 6.07) is 6.71. The largest absolute Gasteiger partial charge is 0.380 e. The molecular formula is C25H27ClN12O2. The highest BCUT2D eigenvalue weighted by molar-refractivity contribution is 6.29. The summed E-state index contributed by atoms with van der Waals surface area (Å²) in [6.07, 6.45) is 4.65. The summed E-state index contributed by atoms with van der Waals surface area (Å²) in [5, 5.41) is 20.6. The smallest absolute Gasteiger partial charge is 0.261 e. The number of benzene rings is 1. The summed E-state index contributed by atoms with van der Waals surface area (Å²) in [4.78, 5) is 30.6. The summed E-state index contributed by atoms with van der Waals surface area (Å²) in [7, 11) is 3.16. The van der Waals surface area contributed by atoms with Crippen molar-refractivity contribution in [3.8, 4) is 11.3 Å². The maximum absolute atomic E-state index is 13.6. The summed E-state index contributed by atoms with van der Waals surface area (Å²) in [5.41, 5.74) is 13.4. The molecular weight excluding hydrogens is 536 g/mol. The normalized spacial score (nSPS) is 13.5. The number of anilines is 2. The van der Waals surface area contributed by atoms with Crippen LogP contribution in [0.15, 0.2) is 52.9 Å². The van der Waals surface area contributed by atoms with E-state index in [-0.39, 0.29) is 28.2 Å². The summed E-state index contributed by atoms with van der Waals surface area (Å²) >= 11 is 6.12. The van der Waals surface area contributed by atoms with Crippen LogP contribution in [-0.4, -0.2) is 52.0 Å². The van der Waals surface area contributed by atoms with E-state index in [1.165, 1.54) is 24.0 Å². The van der Waals surface area contributed by atoms with Gasteiger partial charge in [0, 0.05) is 37.6 Å². The average Bonchev–Trinajstić information content (AvgIpc) is 3.33. The molecule has 1 atom stereocenters. The molecule has 0 aliphatic heterocycles. The van der Waals surface area contributed by atoms with Crippen LogP contribution in [0.4, 0.5) is 11.6 Å². The van der Waals surface area contributed by atoms with Gasteiger partial charge in [-0.1, -0.05) is 11.6 Å². The molecule has 0 saturated heterocycles. The van der Waals surface area contributed by atoms with Crippen molar-refractivity contribution in [2.75, 3.05) is 18.1 Å². The molecule has 40 heavy (non-hydrogen) atoms. The number of nitrogens with two attached hydrogens (primary N) is 3. The minimum atomic E-state index is -1.75. The van der Waals surface area contributed by atoms with Crippen LogP contribution in [-0.2, 0) is 12.8 Å². The molecule has 4 heterocycles. The number of amidine groups is 1. The fraction of sp³-hybridized carbons (Fsp3) is 0.200. The molecule has 0 spiro atoms. The number of hydrogen-bond donors (Lipinski definition) is 5. The van der Waals surface area contributed by atoms with E-state index in [4.69, 9.17) is 28.9 Å². The monoisotopic (exact) mass is 562 g/mol. The van der Waals surface area contributed by atoms with Crippen LogP contribution in [0.25, 0.3) is 27.8 Å². The fourth-order valence-electron chi connectivity index (χ4n) is 4.62. The van der Waals surface area contributed by atoms with E-state index in [1.54, 1.807) is 49.0 Å². The zero-order chi connectivity index (χ0) is 28.9. The van der Waals surface area contributed by atoms with Crippen LogP contribution in [0.5, 0.6) is 0 Å². The Morgan fingerprint density at radius 2 is 1.93 bits per heavy atom. The van der Waals surface area contributed by atoms with E-state index in [1.807, 2.05) is 6.92 Å². The molecule has 0 aliphatic rings. The molecule has 0 fully saturated rings. The third-order valence-electron chi connectivity index (χ3n) is 6.31. The molecule has 0 amide bonds. The molecule has 5 rings (SSSR count). The highest BCUT2D eigenvalue weighted by atomic mass is 35.5. The first-order valence-corrected chi connectivity index (χ1v) is 12.3. The number of rotatable bonds is 6. The van der Waals surface area contributed by atoms with Crippen LogP contribution in [0.1, 0.15) is 23.7 Å². The predicted octanol–water partition coefficient (Wildman–Crippen LogP) is 1.29. The Morgan fingerprint density at radius 1 is 1.23 bits per heavy atom. The van der Waals surface area contributed by atoms with Crippen LogP contribution >= 0.6 is 11.6 Å². The number of aliphatic hydroxyl groups is 1. The lowest BCUT2D eigenvalue weighted by atomic mass is 9.97. The molecule has 0 aliphatic carbocycles. The Morgan fingerprint density at radius 3 is 2.60 bits per heavy atom. The number of nitrogens with zero attached hydrogens (tertiary/aromatic N) is 8. The van der Waals surface area contributed by atoms with Crippen LogP contribution in [0, 0.1) is 6.92 Å².